The van der Waals surface area contributed by atoms with Crippen LogP contribution in [0.25, 0.3) is 0 Å². The first kappa shape index (κ1) is 34.8. The van der Waals surface area contributed by atoms with E-state index in [0.717, 1.165) is 0 Å². The fourth-order valence-electron chi connectivity index (χ4n) is 2.30. The van der Waals surface area contributed by atoms with Crippen LogP contribution in [-0.2, 0) is 42.3 Å². The van der Waals surface area contributed by atoms with Crippen molar-refractivity contribution < 1.29 is 42.3 Å². The molecule has 0 spiro atoms. The van der Waals surface area contributed by atoms with Crippen LogP contribution in [0.15, 0.2) is 0 Å². The monoisotopic (exact) mass is 527 g/mol. The molecule has 0 amide bonds. The fraction of sp³-hybridized carbons (Fsp3) is 1.00. The van der Waals surface area contributed by atoms with Gasteiger partial charge in [-0.1, -0.05) is 20.8 Å². The molecule has 11 heteroatoms. The van der Waals surface area contributed by atoms with Crippen LogP contribution in [0.4, 0.5) is 0 Å². The van der Waals surface area contributed by atoms with Gasteiger partial charge < -0.3 is 48.1 Å². The predicted octanol–water partition coefficient (Wildman–Crippen LogP) is 2.10. The fourth-order valence-corrected chi connectivity index (χ4v) is 3.32. The Morgan fingerprint density at radius 1 is 0.429 bits per heavy atom. The molecular formula is C24H53NO9Si. The Hall–Kier alpha value is -0.183. The minimum atomic E-state index is -1.68. The molecule has 0 heterocycles. The quantitative estimate of drug-likeness (QED) is 0.126. The summed E-state index contributed by atoms with van der Waals surface area (Å²) < 4.78 is 49.5. The van der Waals surface area contributed by atoms with Crippen LogP contribution >= 0.6 is 0 Å². The zero-order chi connectivity index (χ0) is 26.1. The van der Waals surface area contributed by atoms with E-state index in [2.05, 4.69) is 33.9 Å². The summed E-state index contributed by atoms with van der Waals surface area (Å²) in [5.74, 6) is 0. The van der Waals surface area contributed by atoms with E-state index in [0.29, 0.717) is 119 Å². The third-order valence-corrected chi connectivity index (χ3v) is 9.90. The highest BCUT2D eigenvalue weighted by molar-refractivity contribution is 6.74. The maximum atomic E-state index is 6.06. The maximum Gasteiger partial charge on any atom is 0.192 e. The number of hydrogen-bond donors (Lipinski definition) is 1. The second kappa shape index (κ2) is 24.2. The van der Waals surface area contributed by atoms with Crippen molar-refractivity contribution in [3.63, 3.8) is 0 Å². The summed E-state index contributed by atoms with van der Waals surface area (Å²) in [6, 6.07) is 0. The van der Waals surface area contributed by atoms with Gasteiger partial charge in [0.15, 0.2) is 8.32 Å². The molecule has 0 aromatic rings. The van der Waals surface area contributed by atoms with Gasteiger partial charge in [0.25, 0.3) is 0 Å². The van der Waals surface area contributed by atoms with Crippen LogP contribution in [0.1, 0.15) is 20.8 Å². The van der Waals surface area contributed by atoms with E-state index in [1.165, 1.54) is 0 Å². The molecule has 0 radical (unpaired) electrons. The molecule has 0 aromatic carbocycles. The summed E-state index contributed by atoms with van der Waals surface area (Å²) in [4.78, 5) is 0. The van der Waals surface area contributed by atoms with Gasteiger partial charge in [-0.25, -0.2) is 0 Å². The molecule has 0 saturated carbocycles. The van der Waals surface area contributed by atoms with E-state index < -0.39 is 8.32 Å². The topological polar surface area (TPSA) is 109 Å². The minimum Gasteiger partial charge on any atom is -0.414 e. The zero-order valence-electron chi connectivity index (χ0n) is 23.0. The highest BCUT2D eigenvalue weighted by Crippen LogP contribution is 2.36. The van der Waals surface area contributed by atoms with Crippen molar-refractivity contribution in [3.8, 4) is 0 Å². The highest BCUT2D eigenvalue weighted by Gasteiger charge is 2.36. The Balaban J connectivity index is 3.14. The van der Waals surface area contributed by atoms with Crippen LogP contribution in [0.3, 0.4) is 0 Å². The summed E-state index contributed by atoms with van der Waals surface area (Å²) in [5.41, 5.74) is 5.32. The number of ether oxygens (including phenoxy) is 8. The smallest absolute Gasteiger partial charge is 0.192 e. The molecule has 0 fully saturated rings. The summed E-state index contributed by atoms with van der Waals surface area (Å²) >= 11 is 0. The van der Waals surface area contributed by atoms with Crippen molar-refractivity contribution >= 4 is 8.32 Å². The van der Waals surface area contributed by atoms with Gasteiger partial charge in [-0.15, -0.1) is 0 Å². The van der Waals surface area contributed by atoms with Crippen LogP contribution < -0.4 is 5.73 Å². The Morgan fingerprint density at radius 3 is 0.886 bits per heavy atom. The summed E-state index contributed by atoms with van der Waals surface area (Å²) in [6.07, 6.45) is 0. The molecule has 0 aromatic heterocycles. The minimum absolute atomic E-state index is 0.224. The third kappa shape index (κ3) is 23.9. The van der Waals surface area contributed by atoms with E-state index in [4.69, 9.17) is 48.1 Å². The first-order valence-corrected chi connectivity index (χ1v) is 15.7. The summed E-state index contributed by atoms with van der Waals surface area (Å²) in [5, 5.41) is 0.224. The van der Waals surface area contributed by atoms with Gasteiger partial charge in [0.1, 0.15) is 0 Å². The SMILES string of the molecule is CC(C)(C)[Si](C)(C)OCCOCCOCCOCCOCCOCCOCCOCCOCCN. The first-order valence-electron chi connectivity index (χ1n) is 12.8. The van der Waals surface area contributed by atoms with Crippen LogP contribution in [0.5, 0.6) is 0 Å². The van der Waals surface area contributed by atoms with Gasteiger partial charge in [-0.3, -0.25) is 0 Å². The van der Waals surface area contributed by atoms with E-state index in [1.54, 1.807) is 0 Å². The van der Waals surface area contributed by atoms with E-state index in [-0.39, 0.29) is 5.04 Å². The molecule has 0 saturated heterocycles. The van der Waals surface area contributed by atoms with Crippen molar-refractivity contribution in [2.75, 3.05) is 119 Å². The molecule has 10 nitrogen and oxygen atoms in total. The molecule has 0 aliphatic rings. The lowest BCUT2D eigenvalue weighted by Gasteiger charge is -2.36. The normalized spacial score (nSPS) is 12.5. The standard InChI is InChI=1S/C24H53NO9Si/c1-24(2,3)35(4,5)34-23-22-33-21-20-32-19-18-31-17-16-30-15-14-29-13-12-28-11-10-27-9-8-26-7-6-25/h6-23,25H2,1-5H3. The second-order valence-electron chi connectivity index (χ2n) is 9.30. The lowest BCUT2D eigenvalue weighted by Crippen LogP contribution is -2.41. The zero-order valence-corrected chi connectivity index (χ0v) is 24.0. The van der Waals surface area contributed by atoms with E-state index in [1.807, 2.05) is 0 Å². The average Bonchev–Trinajstić information content (AvgIpc) is 2.80. The molecule has 0 aliphatic heterocycles. The molecule has 212 valence electrons. The molecule has 0 bridgehead atoms. The Labute approximate surface area is 214 Å². The highest BCUT2D eigenvalue weighted by atomic mass is 28.4. The predicted molar refractivity (Wildman–Crippen MR) is 139 cm³/mol. The van der Waals surface area contributed by atoms with Crippen LogP contribution in [0.2, 0.25) is 18.1 Å². The molecule has 0 rings (SSSR count). The first-order chi connectivity index (χ1) is 16.8. The summed E-state index contributed by atoms with van der Waals surface area (Å²) in [6.45, 7) is 21.1. The molecular weight excluding hydrogens is 474 g/mol. The lowest BCUT2D eigenvalue weighted by atomic mass is 10.2. The van der Waals surface area contributed by atoms with Gasteiger partial charge in [-0.2, -0.15) is 0 Å². The average molecular weight is 528 g/mol. The lowest BCUT2D eigenvalue weighted by molar-refractivity contribution is -0.0235. The molecule has 0 atom stereocenters. The van der Waals surface area contributed by atoms with Crippen molar-refractivity contribution in [1.82, 2.24) is 0 Å². The molecule has 0 unspecified atom stereocenters. The van der Waals surface area contributed by atoms with Crippen molar-refractivity contribution in [2.24, 2.45) is 5.73 Å². The Kier molecular flexibility index (Phi) is 24.0. The van der Waals surface area contributed by atoms with Gasteiger partial charge in [0.2, 0.25) is 0 Å². The van der Waals surface area contributed by atoms with Crippen LogP contribution in [-0.4, -0.2) is 127 Å². The van der Waals surface area contributed by atoms with Gasteiger partial charge in [0, 0.05) is 6.54 Å². The van der Waals surface area contributed by atoms with Crippen molar-refractivity contribution in [1.29, 1.82) is 0 Å². The van der Waals surface area contributed by atoms with E-state index in [9.17, 15) is 0 Å². The van der Waals surface area contributed by atoms with Gasteiger partial charge >= 0.3 is 0 Å². The summed E-state index contributed by atoms with van der Waals surface area (Å²) in [7, 11) is -1.68. The number of rotatable bonds is 27. The molecule has 2 N–H and O–H groups in total. The van der Waals surface area contributed by atoms with E-state index >= 15 is 0 Å². The maximum absolute atomic E-state index is 6.06. The van der Waals surface area contributed by atoms with Crippen molar-refractivity contribution in [2.45, 2.75) is 38.9 Å². The Morgan fingerprint density at radius 2 is 0.657 bits per heavy atom. The van der Waals surface area contributed by atoms with Gasteiger partial charge in [-0.05, 0) is 18.1 Å². The van der Waals surface area contributed by atoms with Crippen molar-refractivity contribution in [3.05, 3.63) is 0 Å². The number of nitrogens with two attached hydrogens (primary N) is 1. The largest absolute Gasteiger partial charge is 0.414 e. The molecule has 0 aliphatic carbocycles. The second-order valence-corrected chi connectivity index (χ2v) is 14.1. The Bertz CT molecular complexity index is 440. The number of hydrogen-bond acceptors (Lipinski definition) is 10. The van der Waals surface area contributed by atoms with Crippen LogP contribution in [0, 0.1) is 0 Å². The van der Waals surface area contributed by atoms with Gasteiger partial charge in [0.05, 0.1) is 112 Å². The third-order valence-electron chi connectivity index (χ3n) is 5.36. The molecule has 35 heavy (non-hydrogen) atoms.